The van der Waals surface area contributed by atoms with Crippen LogP contribution in [-0.4, -0.2) is 16.1 Å². The van der Waals surface area contributed by atoms with Gasteiger partial charge >= 0.3 is 5.97 Å². The third-order valence-electron chi connectivity index (χ3n) is 3.25. The lowest BCUT2D eigenvalue weighted by molar-refractivity contribution is -0.689. The Morgan fingerprint density at radius 1 is 1.13 bits per heavy atom. The Morgan fingerprint density at radius 2 is 1.96 bits per heavy atom. The van der Waals surface area contributed by atoms with E-state index in [0.717, 1.165) is 0 Å². The Labute approximate surface area is 133 Å². The summed E-state index contributed by atoms with van der Waals surface area (Å²) in [6, 6.07) is 16.4. The van der Waals surface area contributed by atoms with Crippen molar-refractivity contribution in [1.82, 2.24) is 4.98 Å². The van der Waals surface area contributed by atoms with Gasteiger partial charge in [-0.05, 0) is 18.2 Å². The molecule has 0 aliphatic heterocycles. The van der Waals surface area contributed by atoms with Crippen LogP contribution in [0.15, 0.2) is 73.2 Å². The molecule has 0 aliphatic rings. The highest BCUT2D eigenvalue weighted by Crippen LogP contribution is 2.19. The largest absolute Gasteiger partial charge is 0.478 e. The van der Waals surface area contributed by atoms with Crippen molar-refractivity contribution in [1.29, 1.82) is 0 Å². The average molecular weight is 307 g/mol. The number of carbonyl (C=O) groups is 1. The first-order valence-corrected chi connectivity index (χ1v) is 7.11. The van der Waals surface area contributed by atoms with E-state index in [-0.39, 0.29) is 5.56 Å². The molecule has 3 rings (SSSR count). The highest BCUT2D eigenvalue weighted by Gasteiger charge is 2.09. The van der Waals surface area contributed by atoms with Crippen molar-refractivity contribution in [2.24, 2.45) is 0 Å². The molecular formula is C18H15N2O3+. The van der Waals surface area contributed by atoms with E-state index in [2.05, 4.69) is 4.98 Å². The lowest BCUT2D eigenvalue weighted by atomic mass is 10.2. The summed E-state index contributed by atoms with van der Waals surface area (Å²) >= 11 is 0. The average Bonchev–Trinajstić information content (AvgIpc) is 2.56. The number of carboxylic acid groups (broad SMARTS) is 1. The number of benzene rings is 2. The fourth-order valence-corrected chi connectivity index (χ4v) is 2.17. The molecule has 23 heavy (non-hydrogen) atoms. The van der Waals surface area contributed by atoms with Gasteiger partial charge in [0.1, 0.15) is 5.75 Å². The van der Waals surface area contributed by atoms with Crippen molar-refractivity contribution in [2.45, 2.75) is 6.54 Å². The fraction of sp³-hybridized carbons (Fsp3) is 0.0556. The highest BCUT2D eigenvalue weighted by atomic mass is 16.5. The molecule has 0 fully saturated rings. The van der Waals surface area contributed by atoms with E-state index < -0.39 is 5.97 Å². The Balaban J connectivity index is 1.77. The molecule has 1 N–H and O–H groups in total. The summed E-state index contributed by atoms with van der Waals surface area (Å²) < 4.78 is 7.61. The minimum Gasteiger partial charge on any atom is -0.478 e. The van der Waals surface area contributed by atoms with Crippen molar-refractivity contribution in [3.8, 4) is 11.6 Å². The van der Waals surface area contributed by atoms with Crippen LogP contribution in [0.4, 0.5) is 0 Å². The van der Waals surface area contributed by atoms with Gasteiger partial charge in [-0.2, -0.15) is 4.57 Å². The van der Waals surface area contributed by atoms with Gasteiger partial charge in [0.15, 0.2) is 12.7 Å². The van der Waals surface area contributed by atoms with Gasteiger partial charge in [0.2, 0.25) is 6.20 Å². The predicted molar refractivity (Wildman–Crippen MR) is 83.5 cm³/mol. The Kier molecular flexibility index (Phi) is 4.29. The van der Waals surface area contributed by atoms with E-state index in [1.165, 1.54) is 17.7 Å². The van der Waals surface area contributed by atoms with Crippen LogP contribution in [0.3, 0.4) is 0 Å². The molecule has 0 amide bonds. The summed E-state index contributed by atoms with van der Waals surface area (Å²) in [5.74, 6) is -0.142. The van der Waals surface area contributed by atoms with Crippen LogP contribution < -0.4 is 9.30 Å². The smallest absolute Gasteiger partial charge is 0.335 e. The van der Waals surface area contributed by atoms with Gasteiger partial charge in [0.05, 0.1) is 11.8 Å². The quantitative estimate of drug-likeness (QED) is 0.736. The van der Waals surface area contributed by atoms with Crippen LogP contribution in [0.1, 0.15) is 15.9 Å². The first kappa shape index (κ1) is 14.7. The third-order valence-corrected chi connectivity index (χ3v) is 3.25. The van der Waals surface area contributed by atoms with E-state index in [1.54, 1.807) is 24.5 Å². The van der Waals surface area contributed by atoms with Crippen molar-refractivity contribution >= 4 is 5.97 Å². The fourth-order valence-electron chi connectivity index (χ4n) is 2.17. The molecule has 0 aliphatic carbocycles. The van der Waals surface area contributed by atoms with Gasteiger partial charge in [0.25, 0.3) is 5.88 Å². The maximum Gasteiger partial charge on any atom is 0.335 e. The minimum atomic E-state index is -0.990. The van der Waals surface area contributed by atoms with Gasteiger partial charge < -0.3 is 9.84 Å². The second-order valence-corrected chi connectivity index (χ2v) is 4.99. The molecule has 0 unspecified atom stereocenters. The summed E-state index contributed by atoms with van der Waals surface area (Å²) in [6.07, 6.45) is 5.29. The number of rotatable bonds is 5. The molecule has 1 aromatic heterocycles. The summed E-state index contributed by atoms with van der Waals surface area (Å²) in [6.45, 7) is 0.703. The molecule has 0 saturated heterocycles. The SMILES string of the molecule is O=C(O)c1cccc(Oc2c[n+](Cc3ccccc3)ccn2)c1. The molecule has 2 aromatic carbocycles. The number of ether oxygens (including phenoxy) is 1. The molecule has 5 heteroatoms. The van der Waals surface area contributed by atoms with E-state index in [9.17, 15) is 4.79 Å². The minimum absolute atomic E-state index is 0.176. The van der Waals surface area contributed by atoms with Gasteiger partial charge in [-0.3, -0.25) is 0 Å². The van der Waals surface area contributed by atoms with Crippen LogP contribution in [-0.2, 0) is 6.54 Å². The van der Waals surface area contributed by atoms with Crippen molar-refractivity contribution in [3.05, 3.63) is 84.3 Å². The zero-order valence-electron chi connectivity index (χ0n) is 12.3. The van der Waals surface area contributed by atoms with E-state index >= 15 is 0 Å². The number of carboxylic acids is 1. The first-order chi connectivity index (χ1) is 11.2. The molecular weight excluding hydrogens is 292 g/mol. The molecule has 0 saturated carbocycles. The number of nitrogens with zero attached hydrogens (tertiary/aromatic N) is 2. The maximum atomic E-state index is 11.0. The number of hydrogen-bond acceptors (Lipinski definition) is 3. The third kappa shape index (κ3) is 3.91. The van der Waals surface area contributed by atoms with Crippen molar-refractivity contribution < 1.29 is 19.2 Å². The zero-order chi connectivity index (χ0) is 16.1. The molecule has 114 valence electrons. The second-order valence-electron chi connectivity index (χ2n) is 4.99. The molecule has 0 atom stereocenters. The standard InChI is InChI=1S/C18H14N2O3/c21-18(22)15-7-4-8-16(11-15)23-17-13-20(10-9-19-17)12-14-5-2-1-3-6-14/h1-11,13H,12H2/p+1. The van der Waals surface area contributed by atoms with Crippen LogP contribution in [0.25, 0.3) is 0 Å². The van der Waals surface area contributed by atoms with Gasteiger partial charge in [-0.15, -0.1) is 0 Å². The van der Waals surface area contributed by atoms with Crippen LogP contribution in [0.5, 0.6) is 11.6 Å². The Hall–Kier alpha value is -3.21. The van der Waals surface area contributed by atoms with Gasteiger partial charge in [-0.25, -0.2) is 9.78 Å². The van der Waals surface area contributed by atoms with Crippen LogP contribution in [0.2, 0.25) is 0 Å². The zero-order valence-corrected chi connectivity index (χ0v) is 12.3. The van der Waals surface area contributed by atoms with Crippen molar-refractivity contribution in [3.63, 3.8) is 0 Å². The topological polar surface area (TPSA) is 63.3 Å². The van der Waals surface area contributed by atoms with Gasteiger partial charge in [0, 0.05) is 5.56 Å². The van der Waals surface area contributed by atoms with Crippen LogP contribution >= 0.6 is 0 Å². The van der Waals surface area contributed by atoms with E-state index in [4.69, 9.17) is 9.84 Å². The van der Waals surface area contributed by atoms with E-state index in [0.29, 0.717) is 18.2 Å². The maximum absolute atomic E-state index is 11.0. The molecule has 3 aromatic rings. The number of aromatic nitrogens is 2. The van der Waals surface area contributed by atoms with Crippen LogP contribution in [0, 0.1) is 0 Å². The molecule has 1 heterocycles. The molecule has 0 spiro atoms. The Morgan fingerprint density at radius 3 is 2.74 bits per heavy atom. The predicted octanol–water partition coefficient (Wildman–Crippen LogP) is 2.91. The number of aromatic carboxylic acids is 1. The normalized spacial score (nSPS) is 10.3. The number of hydrogen-bond donors (Lipinski definition) is 1. The monoisotopic (exact) mass is 307 g/mol. The molecule has 0 bridgehead atoms. The summed E-state index contributed by atoms with van der Waals surface area (Å²) in [5.41, 5.74) is 1.35. The molecule has 0 radical (unpaired) electrons. The summed E-state index contributed by atoms with van der Waals surface area (Å²) in [7, 11) is 0. The van der Waals surface area contributed by atoms with Gasteiger partial charge in [-0.1, -0.05) is 36.4 Å². The van der Waals surface area contributed by atoms with E-state index in [1.807, 2.05) is 41.1 Å². The summed E-state index contributed by atoms with van der Waals surface area (Å²) in [4.78, 5) is 15.1. The molecule has 5 nitrogen and oxygen atoms in total. The summed E-state index contributed by atoms with van der Waals surface area (Å²) in [5, 5.41) is 9.01. The highest BCUT2D eigenvalue weighted by molar-refractivity contribution is 5.88. The first-order valence-electron chi connectivity index (χ1n) is 7.11. The lowest BCUT2D eigenvalue weighted by Gasteiger charge is -2.04. The van der Waals surface area contributed by atoms with Crippen molar-refractivity contribution in [2.75, 3.05) is 0 Å². The Bertz CT molecular complexity index is 819. The second kappa shape index (κ2) is 6.70. The lowest BCUT2D eigenvalue weighted by Crippen LogP contribution is -2.33.